The van der Waals surface area contributed by atoms with Gasteiger partial charge < -0.3 is 5.32 Å². The summed E-state index contributed by atoms with van der Waals surface area (Å²) in [5, 5.41) is 3.66. The van der Waals surface area contributed by atoms with Gasteiger partial charge in [-0.3, -0.25) is 0 Å². The molecule has 76 valence electrons. The molecule has 0 heterocycles. The molecule has 0 saturated heterocycles. The molecule has 0 aromatic rings. The lowest BCUT2D eigenvalue weighted by molar-refractivity contribution is 0.156. The van der Waals surface area contributed by atoms with Gasteiger partial charge in [-0.05, 0) is 44.1 Å². The van der Waals surface area contributed by atoms with Crippen LogP contribution in [0.25, 0.3) is 0 Å². The van der Waals surface area contributed by atoms with Gasteiger partial charge in [0.25, 0.3) is 0 Å². The third-order valence-corrected chi connectivity index (χ3v) is 3.75. The smallest absolute Gasteiger partial charge is 0.00683 e. The lowest BCUT2D eigenvalue weighted by atomic mass is 9.71. The van der Waals surface area contributed by atoms with Crippen LogP contribution in [-0.4, -0.2) is 12.6 Å². The molecule has 2 aliphatic rings. The number of rotatable bonds is 6. The zero-order valence-electron chi connectivity index (χ0n) is 8.89. The van der Waals surface area contributed by atoms with Crippen molar-refractivity contribution in [2.45, 2.75) is 57.9 Å². The normalized spacial score (nSPS) is 33.0. The Labute approximate surface area is 82.3 Å². The minimum Gasteiger partial charge on any atom is -0.314 e. The molecule has 2 rings (SSSR count). The predicted octanol–water partition coefficient (Wildman–Crippen LogP) is 2.95. The number of hydrogen-bond donors (Lipinski definition) is 1. The van der Waals surface area contributed by atoms with Gasteiger partial charge in [0.15, 0.2) is 0 Å². The van der Waals surface area contributed by atoms with E-state index in [0.717, 1.165) is 17.9 Å². The summed E-state index contributed by atoms with van der Waals surface area (Å²) in [4.78, 5) is 0. The first-order valence-corrected chi connectivity index (χ1v) is 6.13. The van der Waals surface area contributed by atoms with E-state index in [4.69, 9.17) is 0 Å². The van der Waals surface area contributed by atoms with Crippen LogP contribution >= 0.6 is 0 Å². The fourth-order valence-electron chi connectivity index (χ4n) is 2.36. The Balaban J connectivity index is 1.56. The van der Waals surface area contributed by atoms with Crippen LogP contribution in [0, 0.1) is 11.8 Å². The van der Waals surface area contributed by atoms with Crippen molar-refractivity contribution in [2.75, 3.05) is 6.54 Å². The maximum absolute atomic E-state index is 3.66. The van der Waals surface area contributed by atoms with Crippen LogP contribution in [0.5, 0.6) is 0 Å². The van der Waals surface area contributed by atoms with Crippen LogP contribution < -0.4 is 5.32 Å². The lowest BCUT2D eigenvalue weighted by Gasteiger charge is -2.37. The molecule has 1 N–H and O–H groups in total. The third-order valence-electron chi connectivity index (χ3n) is 3.75. The average molecular weight is 181 g/mol. The van der Waals surface area contributed by atoms with Crippen LogP contribution in [0.3, 0.4) is 0 Å². The standard InChI is InChI=1S/C12H23N/c1-2-3-4-10-5-6-11(10)9-13-12-7-8-12/h10-13H,2-9H2,1H3. The second-order valence-corrected chi connectivity index (χ2v) is 4.92. The highest BCUT2D eigenvalue weighted by molar-refractivity contribution is 4.87. The van der Waals surface area contributed by atoms with Crippen LogP contribution in [0.2, 0.25) is 0 Å². The number of nitrogens with one attached hydrogen (secondary N) is 1. The average Bonchev–Trinajstić information content (AvgIpc) is 2.87. The molecular weight excluding hydrogens is 158 g/mol. The quantitative estimate of drug-likeness (QED) is 0.664. The van der Waals surface area contributed by atoms with Crippen molar-refractivity contribution in [3.8, 4) is 0 Å². The molecular formula is C12H23N. The Morgan fingerprint density at radius 2 is 1.85 bits per heavy atom. The number of unbranched alkanes of at least 4 members (excludes halogenated alkanes) is 1. The van der Waals surface area contributed by atoms with Gasteiger partial charge in [-0.2, -0.15) is 0 Å². The molecule has 2 fully saturated rings. The van der Waals surface area contributed by atoms with Gasteiger partial charge in [0.05, 0.1) is 0 Å². The Kier molecular flexibility index (Phi) is 3.26. The van der Waals surface area contributed by atoms with Crippen molar-refractivity contribution < 1.29 is 0 Å². The molecule has 0 spiro atoms. The minimum atomic E-state index is 0.910. The molecule has 0 radical (unpaired) electrons. The van der Waals surface area contributed by atoms with Crippen molar-refractivity contribution in [3.05, 3.63) is 0 Å². The molecule has 2 aliphatic carbocycles. The van der Waals surface area contributed by atoms with Crippen molar-refractivity contribution >= 4 is 0 Å². The minimum absolute atomic E-state index is 0.910. The van der Waals surface area contributed by atoms with E-state index in [9.17, 15) is 0 Å². The predicted molar refractivity (Wildman–Crippen MR) is 56.8 cm³/mol. The molecule has 0 aromatic carbocycles. The van der Waals surface area contributed by atoms with Crippen LogP contribution in [0.4, 0.5) is 0 Å². The summed E-state index contributed by atoms with van der Waals surface area (Å²) in [5.41, 5.74) is 0. The van der Waals surface area contributed by atoms with E-state index in [1.165, 1.54) is 51.5 Å². The van der Waals surface area contributed by atoms with E-state index < -0.39 is 0 Å². The molecule has 2 unspecified atom stereocenters. The van der Waals surface area contributed by atoms with Crippen molar-refractivity contribution in [1.29, 1.82) is 0 Å². The van der Waals surface area contributed by atoms with Crippen molar-refractivity contribution in [3.63, 3.8) is 0 Å². The Hall–Kier alpha value is -0.0400. The summed E-state index contributed by atoms with van der Waals surface area (Å²) in [7, 11) is 0. The lowest BCUT2D eigenvalue weighted by Crippen LogP contribution is -2.36. The maximum atomic E-state index is 3.66. The summed E-state index contributed by atoms with van der Waals surface area (Å²) >= 11 is 0. The first kappa shape index (κ1) is 9.51. The van der Waals surface area contributed by atoms with Gasteiger partial charge in [0.1, 0.15) is 0 Å². The largest absolute Gasteiger partial charge is 0.314 e. The van der Waals surface area contributed by atoms with E-state index in [0.29, 0.717) is 0 Å². The van der Waals surface area contributed by atoms with E-state index in [-0.39, 0.29) is 0 Å². The zero-order chi connectivity index (χ0) is 9.10. The first-order chi connectivity index (χ1) is 6.40. The Bertz CT molecular complexity index is 151. The zero-order valence-corrected chi connectivity index (χ0v) is 8.89. The van der Waals surface area contributed by atoms with Gasteiger partial charge >= 0.3 is 0 Å². The van der Waals surface area contributed by atoms with E-state index in [2.05, 4.69) is 12.2 Å². The Morgan fingerprint density at radius 3 is 2.38 bits per heavy atom. The Morgan fingerprint density at radius 1 is 1.08 bits per heavy atom. The molecule has 2 atom stereocenters. The fraction of sp³-hybridized carbons (Fsp3) is 1.00. The highest BCUT2D eigenvalue weighted by atomic mass is 14.9. The summed E-state index contributed by atoms with van der Waals surface area (Å²) < 4.78 is 0. The molecule has 0 aromatic heterocycles. The molecule has 0 aliphatic heterocycles. The first-order valence-electron chi connectivity index (χ1n) is 6.13. The SMILES string of the molecule is CCCCC1CCC1CNC1CC1. The number of hydrogen-bond acceptors (Lipinski definition) is 1. The maximum Gasteiger partial charge on any atom is 0.00683 e. The highest BCUT2D eigenvalue weighted by Gasteiger charge is 2.31. The van der Waals surface area contributed by atoms with Gasteiger partial charge in [-0.1, -0.05) is 26.2 Å². The van der Waals surface area contributed by atoms with Crippen LogP contribution in [0.1, 0.15) is 51.9 Å². The molecule has 1 nitrogen and oxygen atoms in total. The summed E-state index contributed by atoms with van der Waals surface area (Å²) in [6.45, 7) is 3.62. The molecule has 13 heavy (non-hydrogen) atoms. The fourth-order valence-corrected chi connectivity index (χ4v) is 2.36. The highest BCUT2D eigenvalue weighted by Crippen LogP contribution is 2.37. The van der Waals surface area contributed by atoms with E-state index >= 15 is 0 Å². The molecule has 1 heteroatoms. The van der Waals surface area contributed by atoms with E-state index in [1.807, 2.05) is 0 Å². The second-order valence-electron chi connectivity index (χ2n) is 4.92. The summed E-state index contributed by atoms with van der Waals surface area (Å²) in [6.07, 6.45) is 10.2. The van der Waals surface area contributed by atoms with Crippen molar-refractivity contribution in [2.24, 2.45) is 11.8 Å². The van der Waals surface area contributed by atoms with Crippen molar-refractivity contribution in [1.82, 2.24) is 5.32 Å². The summed E-state index contributed by atoms with van der Waals surface area (Å²) in [6, 6.07) is 0.910. The molecule has 0 amide bonds. The van der Waals surface area contributed by atoms with Gasteiger partial charge in [-0.15, -0.1) is 0 Å². The summed E-state index contributed by atoms with van der Waals surface area (Å²) in [5.74, 6) is 2.11. The second kappa shape index (κ2) is 4.45. The van der Waals surface area contributed by atoms with Crippen LogP contribution in [0.15, 0.2) is 0 Å². The van der Waals surface area contributed by atoms with Crippen LogP contribution in [-0.2, 0) is 0 Å². The third kappa shape index (κ3) is 2.70. The van der Waals surface area contributed by atoms with Gasteiger partial charge in [-0.25, -0.2) is 0 Å². The molecule has 2 saturated carbocycles. The topological polar surface area (TPSA) is 12.0 Å². The van der Waals surface area contributed by atoms with E-state index in [1.54, 1.807) is 0 Å². The monoisotopic (exact) mass is 181 g/mol. The molecule has 0 bridgehead atoms. The van der Waals surface area contributed by atoms with Gasteiger partial charge in [0, 0.05) is 6.04 Å². The van der Waals surface area contributed by atoms with Gasteiger partial charge in [0.2, 0.25) is 0 Å².